The summed E-state index contributed by atoms with van der Waals surface area (Å²) in [5.41, 5.74) is 12.4. The van der Waals surface area contributed by atoms with E-state index in [1.165, 1.54) is 82.4 Å². The quantitative estimate of drug-likeness (QED) is 0.192. The molecule has 45 heavy (non-hydrogen) atoms. The third-order valence-electron chi connectivity index (χ3n) is 9.84. The van der Waals surface area contributed by atoms with E-state index in [9.17, 15) is 0 Å². The lowest BCUT2D eigenvalue weighted by molar-refractivity contribution is 0.637. The topological polar surface area (TPSA) is 12.9 Å². The Morgan fingerprint density at radius 2 is 1.04 bits per heavy atom. The number of aromatic nitrogens is 1. The summed E-state index contributed by atoms with van der Waals surface area (Å²) in [5, 5.41) is 7.60. The summed E-state index contributed by atoms with van der Waals surface area (Å²) in [6.45, 7) is 4.61. The van der Waals surface area contributed by atoms with Gasteiger partial charge in [0.2, 0.25) is 0 Å². The largest absolute Gasteiger partial charge is 0.260 e. The van der Waals surface area contributed by atoms with Crippen LogP contribution in [0.4, 0.5) is 0 Å². The minimum absolute atomic E-state index is 0.162. The Hall–Kier alpha value is -5.53. The maximum absolute atomic E-state index is 4.83. The van der Waals surface area contributed by atoms with E-state index in [4.69, 9.17) is 4.98 Å². The van der Waals surface area contributed by atoms with E-state index in [1.54, 1.807) is 0 Å². The van der Waals surface area contributed by atoms with E-state index in [0.29, 0.717) is 0 Å². The fourth-order valence-corrected chi connectivity index (χ4v) is 7.74. The Bertz CT molecular complexity index is 2390. The van der Waals surface area contributed by atoms with Crippen molar-refractivity contribution in [3.05, 3.63) is 163 Å². The van der Waals surface area contributed by atoms with Gasteiger partial charge in [-0.05, 0) is 101 Å². The van der Waals surface area contributed by atoms with Crippen molar-refractivity contribution in [1.82, 2.24) is 4.98 Å². The number of pyridine rings is 1. The third-order valence-corrected chi connectivity index (χ3v) is 9.84. The van der Waals surface area contributed by atoms with Gasteiger partial charge in [-0.15, -0.1) is 0 Å². The van der Waals surface area contributed by atoms with Crippen LogP contribution in [0.25, 0.3) is 76.8 Å². The SMILES string of the molecule is CC1(C)c2cc(-c3c4ccccc4c(-c4cc(-c5ccccc5)cc5ccccc45)c4ccccc34)ccc2-c2cccnc21. The maximum atomic E-state index is 4.83. The highest BCUT2D eigenvalue weighted by Crippen LogP contribution is 2.51. The molecule has 7 aromatic carbocycles. The molecule has 1 heteroatoms. The van der Waals surface area contributed by atoms with E-state index in [2.05, 4.69) is 153 Å². The molecular weight excluding hydrogens is 542 g/mol. The second-order valence-electron chi connectivity index (χ2n) is 12.7. The lowest BCUT2D eigenvalue weighted by atomic mass is 9.81. The first-order valence-corrected chi connectivity index (χ1v) is 15.7. The van der Waals surface area contributed by atoms with Gasteiger partial charge in [-0.1, -0.05) is 135 Å². The number of fused-ring (bicyclic) bond motifs is 6. The van der Waals surface area contributed by atoms with E-state index in [1.807, 2.05) is 12.3 Å². The number of hydrogen-bond acceptors (Lipinski definition) is 1. The smallest absolute Gasteiger partial charge is 0.0582 e. The average Bonchev–Trinajstić information content (AvgIpc) is 3.32. The van der Waals surface area contributed by atoms with Gasteiger partial charge in [0, 0.05) is 17.2 Å². The number of nitrogens with zero attached hydrogens (tertiary/aromatic N) is 1. The Kier molecular flexibility index (Phi) is 5.61. The fraction of sp³-hybridized carbons (Fsp3) is 0.0682. The van der Waals surface area contributed by atoms with E-state index >= 15 is 0 Å². The van der Waals surface area contributed by atoms with Gasteiger partial charge < -0.3 is 0 Å². The van der Waals surface area contributed by atoms with Gasteiger partial charge in [-0.25, -0.2) is 0 Å². The second kappa shape index (κ2) is 9.74. The van der Waals surface area contributed by atoms with Gasteiger partial charge in [0.1, 0.15) is 0 Å². The molecule has 1 heterocycles. The van der Waals surface area contributed by atoms with Crippen molar-refractivity contribution in [1.29, 1.82) is 0 Å². The Morgan fingerprint density at radius 3 is 1.76 bits per heavy atom. The van der Waals surface area contributed by atoms with Crippen molar-refractivity contribution in [3.8, 4) is 44.5 Å². The highest BCUT2D eigenvalue weighted by Gasteiger charge is 2.37. The van der Waals surface area contributed by atoms with Crippen molar-refractivity contribution in [3.63, 3.8) is 0 Å². The van der Waals surface area contributed by atoms with Gasteiger partial charge in [-0.3, -0.25) is 4.98 Å². The van der Waals surface area contributed by atoms with Crippen LogP contribution in [0.3, 0.4) is 0 Å². The molecule has 0 amide bonds. The molecule has 0 saturated carbocycles. The summed E-state index contributed by atoms with van der Waals surface area (Å²) < 4.78 is 0. The number of benzene rings is 7. The molecule has 0 radical (unpaired) electrons. The molecule has 1 aliphatic carbocycles. The molecule has 1 aliphatic rings. The van der Waals surface area contributed by atoms with E-state index in [-0.39, 0.29) is 5.41 Å². The normalized spacial score (nSPS) is 13.3. The Balaban J connectivity index is 1.37. The fourth-order valence-electron chi connectivity index (χ4n) is 7.74. The van der Waals surface area contributed by atoms with Crippen molar-refractivity contribution >= 4 is 32.3 Å². The van der Waals surface area contributed by atoms with Crippen molar-refractivity contribution in [2.75, 3.05) is 0 Å². The average molecular weight is 574 g/mol. The van der Waals surface area contributed by atoms with Crippen LogP contribution in [0, 0.1) is 0 Å². The summed E-state index contributed by atoms with van der Waals surface area (Å²) in [7, 11) is 0. The molecule has 0 spiro atoms. The van der Waals surface area contributed by atoms with Crippen molar-refractivity contribution in [2.45, 2.75) is 19.3 Å². The lowest BCUT2D eigenvalue weighted by Gasteiger charge is -2.22. The molecule has 9 rings (SSSR count). The molecule has 212 valence electrons. The van der Waals surface area contributed by atoms with Crippen LogP contribution >= 0.6 is 0 Å². The second-order valence-corrected chi connectivity index (χ2v) is 12.7. The first-order chi connectivity index (χ1) is 22.1. The molecule has 0 atom stereocenters. The highest BCUT2D eigenvalue weighted by atomic mass is 14.7. The predicted octanol–water partition coefficient (Wildman–Crippen LogP) is 11.8. The van der Waals surface area contributed by atoms with E-state index in [0.717, 1.165) is 5.69 Å². The van der Waals surface area contributed by atoms with Gasteiger partial charge in [-0.2, -0.15) is 0 Å². The summed E-state index contributed by atoms with van der Waals surface area (Å²) in [6.07, 6.45) is 1.92. The molecule has 1 aromatic heterocycles. The zero-order chi connectivity index (χ0) is 30.1. The van der Waals surface area contributed by atoms with Gasteiger partial charge in [0.25, 0.3) is 0 Å². The molecular formula is C44H31N. The zero-order valence-corrected chi connectivity index (χ0v) is 25.4. The van der Waals surface area contributed by atoms with Gasteiger partial charge in [0.05, 0.1) is 5.69 Å². The molecule has 0 fully saturated rings. The summed E-state index contributed by atoms with van der Waals surface area (Å²) in [5.74, 6) is 0. The van der Waals surface area contributed by atoms with Crippen LogP contribution in [0.5, 0.6) is 0 Å². The van der Waals surface area contributed by atoms with Crippen molar-refractivity contribution < 1.29 is 0 Å². The van der Waals surface area contributed by atoms with Crippen LogP contribution < -0.4 is 0 Å². The van der Waals surface area contributed by atoms with Crippen LogP contribution in [-0.2, 0) is 5.41 Å². The summed E-state index contributed by atoms with van der Waals surface area (Å²) in [4.78, 5) is 4.83. The first kappa shape index (κ1) is 25.9. The lowest BCUT2D eigenvalue weighted by Crippen LogP contribution is -2.16. The minimum atomic E-state index is -0.162. The van der Waals surface area contributed by atoms with Gasteiger partial charge >= 0.3 is 0 Å². The Morgan fingerprint density at radius 1 is 0.422 bits per heavy atom. The maximum Gasteiger partial charge on any atom is 0.0582 e. The summed E-state index contributed by atoms with van der Waals surface area (Å²) in [6, 6.07) is 53.5. The number of hydrogen-bond donors (Lipinski definition) is 0. The van der Waals surface area contributed by atoms with Gasteiger partial charge in [0.15, 0.2) is 0 Å². The van der Waals surface area contributed by atoms with Crippen LogP contribution in [0.1, 0.15) is 25.1 Å². The van der Waals surface area contributed by atoms with E-state index < -0.39 is 0 Å². The van der Waals surface area contributed by atoms with Crippen LogP contribution in [0.2, 0.25) is 0 Å². The summed E-state index contributed by atoms with van der Waals surface area (Å²) >= 11 is 0. The third kappa shape index (κ3) is 3.84. The number of rotatable bonds is 3. The zero-order valence-electron chi connectivity index (χ0n) is 25.4. The standard InChI is InChI=1S/C44H31N/c1-44(2)40-27-30(22-23-33(40)38-21-12-24-45-43(38)44)41-34-17-8-10-19-36(34)42(37-20-11-9-18-35(37)41)39-26-31(28-13-4-3-5-14-28)25-29-15-6-7-16-32(29)39/h3-27H,1-2H3. The van der Waals surface area contributed by atoms with Crippen molar-refractivity contribution in [2.24, 2.45) is 0 Å². The molecule has 0 N–H and O–H groups in total. The predicted molar refractivity (Wildman–Crippen MR) is 191 cm³/mol. The molecule has 0 unspecified atom stereocenters. The molecule has 0 bridgehead atoms. The highest BCUT2D eigenvalue weighted by molar-refractivity contribution is 6.24. The van der Waals surface area contributed by atoms with Crippen LogP contribution in [-0.4, -0.2) is 4.98 Å². The molecule has 8 aromatic rings. The minimum Gasteiger partial charge on any atom is -0.260 e. The first-order valence-electron chi connectivity index (χ1n) is 15.7. The van der Waals surface area contributed by atoms with Crippen LogP contribution in [0.15, 0.2) is 152 Å². The molecule has 0 aliphatic heterocycles. The Labute approximate surface area is 263 Å². The molecule has 0 saturated heterocycles. The monoisotopic (exact) mass is 573 g/mol. The molecule has 1 nitrogen and oxygen atoms in total.